The number of carbonyl (C=O) groups excluding carboxylic acids is 1. The molecule has 1 atom stereocenters. The molecule has 94 valence electrons. The monoisotopic (exact) mass is 300 g/mol. The summed E-state index contributed by atoms with van der Waals surface area (Å²) in [5, 5.41) is 10.3. The number of halogens is 1. The van der Waals surface area contributed by atoms with Crippen LogP contribution < -0.4 is 0 Å². The second kappa shape index (κ2) is 6.17. The first-order valence-electron chi connectivity index (χ1n) is 5.60. The van der Waals surface area contributed by atoms with Crippen molar-refractivity contribution in [3.63, 3.8) is 0 Å². The van der Waals surface area contributed by atoms with Crippen molar-refractivity contribution in [3.8, 4) is 0 Å². The molecule has 0 aliphatic heterocycles. The van der Waals surface area contributed by atoms with E-state index in [0.717, 1.165) is 10.0 Å². The summed E-state index contributed by atoms with van der Waals surface area (Å²) in [7, 11) is 0. The van der Waals surface area contributed by atoms with E-state index in [2.05, 4.69) is 15.9 Å². The Morgan fingerprint density at radius 2 is 2.12 bits per heavy atom. The summed E-state index contributed by atoms with van der Waals surface area (Å²) in [6, 6.07) is 7.46. The van der Waals surface area contributed by atoms with Crippen molar-refractivity contribution in [3.05, 3.63) is 34.3 Å². The summed E-state index contributed by atoms with van der Waals surface area (Å²) >= 11 is 3.39. The van der Waals surface area contributed by atoms with Crippen molar-refractivity contribution in [2.24, 2.45) is 0 Å². The molecule has 0 aliphatic carbocycles. The lowest BCUT2D eigenvalue weighted by molar-refractivity contribution is -0.144. The SMILES string of the molecule is CCOC(=O)CCC(C)(O)c1ccccc1Br. The molecule has 1 N–H and O–H groups in total. The molecule has 17 heavy (non-hydrogen) atoms. The van der Waals surface area contributed by atoms with E-state index < -0.39 is 5.60 Å². The van der Waals surface area contributed by atoms with Crippen LogP contribution in [0.5, 0.6) is 0 Å². The van der Waals surface area contributed by atoms with Crippen molar-refractivity contribution in [2.75, 3.05) is 6.61 Å². The van der Waals surface area contributed by atoms with Gasteiger partial charge in [0.05, 0.1) is 12.2 Å². The topological polar surface area (TPSA) is 46.5 Å². The molecule has 3 nitrogen and oxygen atoms in total. The number of benzene rings is 1. The lowest BCUT2D eigenvalue weighted by atomic mass is 9.91. The summed E-state index contributed by atoms with van der Waals surface area (Å²) in [5.41, 5.74) is -0.253. The van der Waals surface area contributed by atoms with Crippen molar-refractivity contribution in [1.29, 1.82) is 0 Å². The van der Waals surface area contributed by atoms with E-state index in [9.17, 15) is 9.90 Å². The molecule has 0 aliphatic rings. The maximum absolute atomic E-state index is 11.3. The van der Waals surface area contributed by atoms with Crippen LogP contribution >= 0.6 is 15.9 Å². The highest BCUT2D eigenvalue weighted by molar-refractivity contribution is 9.10. The van der Waals surface area contributed by atoms with Crippen LogP contribution in [0, 0.1) is 0 Å². The van der Waals surface area contributed by atoms with Gasteiger partial charge in [0.15, 0.2) is 0 Å². The fourth-order valence-corrected chi connectivity index (χ4v) is 2.32. The minimum atomic E-state index is -1.03. The maximum atomic E-state index is 11.3. The Morgan fingerprint density at radius 3 is 2.71 bits per heavy atom. The van der Waals surface area contributed by atoms with Crippen molar-refractivity contribution < 1.29 is 14.6 Å². The van der Waals surface area contributed by atoms with Gasteiger partial charge in [0, 0.05) is 10.9 Å². The third-order valence-corrected chi connectivity index (χ3v) is 3.27. The molecule has 0 aromatic heterocycles. The highest BCUT2D eigenvalue weighted by Gasteiger charge is 2.26. The highest BCUT2D eigenvalue weighted by atomic mass is 79.9. The Labute approximate surface area is 110 Å². The quantitative estimate of drug-likeness (QED) is 0.850. The lowest BCUT2D eigenvalue weighted by Gasteiger charge is -2.24. The van der Waals surface area contributed by atoms with Crippen LogP contribution in [0.3, 0.4) is 0 Å². The molecular formula is C13H17BrO3. The molecule has 0 radical (unpaired) electrons. The van der Waals surface area contributed by atoms with E-state index in [4.69, 9.17) is 4.74 Å². The van der Waals surface area contributed by atoms with Crippen LogP contribution in [0.2, 0.25) is 0 Å². The second-order valence-electron chi connectivity index (χ2n) is 4.06. The molecule has 0 fully saturated rings. The zero-order valence-electron chi connectivity index (χ0n) is 10.1. The summed E-state index contributed by atoms with van der Waals surface area (Å²) in [6.07, 6.45) is 0.552. The van der Waals surface area contributed by atoms with Crippen LogP contribution in [0.25, 0.3) is 0 Å². The molecule has 0 bridgehead atoms. The fraction of sp³-hybridized carbons (Fsp3) is 0.462. The average molecular weight is 301 g/mol. The van der Waals surface area contributed by atoms with E-state index >= 15 is 0 Å². The van der Waals surface area contributed by atoms with E-state index in [1.165, 1.54) is 0 Å². The minimum Gasteiger partial charge on any atom is -0.466 e. The molecule has 1 aromatic carbocycles. The van der Waals surface area contributed by atoms with Gasteiger partial charge in [0.25, 0.3) is 0 Å². The summed E-state index contributed by atoms with van der Waals surface area (Å²) in [5.74, 6) is -0.278. The summed E-state index contributed by atoms with van der Waals surface area (Å²) < 4.78 is 5.68. The Balaban J connectivity index is 2.69. The van der Waals surface area contributed by atoms with Gasteiger partial charge in [-0.2, -0.15) is 0 Å². The first kappa shape index (κ1) is 14.2. The van der Waals surface area contributed by atoms with Crippen LogP contribution in [-0.4, -0.2) is 17.7 Å². The van der Waals surface area contributed by atoms with Gasteiger partial charge in [0.2, 0.25) is 0 Å². The van der Waals surface area contributed by atoms with Crippen LogP contribution in [0.15, 0.2) is 28.7 Å². The molecule has 4 heteroatoms. The number of aliphatic hydroxyl groups is 1. The van der Waals surface area contributed by atoms with Gasteiger partial charge in [-0.3, -0.25) is 4.79 Å². The third kappa shape index (κ3) is 4.13. The van der Waals surface area contributed by atoms with E-state index in [1.54, 1.807) is 13.8 Å². The molecule has 1 unspecified atom stereocenters. The maximum Gasteiger partial charge on any atom is 0.305 e. The molecule has 0 saturated heterocycles. The van der Waals surface area contributed by atoms with Crippen molar-refractivity contribution >= 4 is 21.9 Å². The van der Waals surface area contributed by atoms with Crippen molar-refractivity contribution in [1.82, 2.24) is 0 Å². The van der Waals surface area contributed by atoms with Gasteiger partial charge in [0.1, 0.15) is 0 Å². The molecule has 0 saturated carbocycles. The van der Waals surface area contributed by atoms with Crippen molar-refractivity contribution in [2.45, 2.75) is 32.3 Å². The molecule has 0 spiro atoms. The number of hydrogen-bond acceptors (Lipinski definition) is 3. The third-order valence-electron chi connectivity index (χ3n) is 2.58. The van der Waals surface area contributed by atoms with Gasteiger partial charge in [-0.1, -0.05) is 34.1 Å². The normalized spacial score (nSPS) is 14.1. The summed E-state index contributed by atoms with van der Waals surface area (Å²) in [4.78, 5) is 11.3. The molecule has 0 heterocycles. The van der Waals surface area contributed by atoms with Gasteiger partial charge in [-0.25, -0.2) is 0 Å². The van der Waals surface area contributed by atoms with E-state index in [0.29, 0.717) is 13.0 Å². The summed E-state index contributed by atoms with van der Waals surface area (Å²) in [6.45, 7) is 3.84. The number of ether oxygens (including phenoxy) is 1. The highest BCUT2D eigenvalue weighted by Crippen LogP contribution is 2.31. The predicted molar refractivity (Wildman–Crippen MR) is 69.6 cm³/mol. The Hall–Kier alpha value is -0.870. The minimum absolute atomic E-state index is 0.210. The first-order valence-corrected chi connectivity index (χ1v) is 6.39. The largest absolute Gasteiger partial charge is 0.466 e. The van der Waals surface area contributed by atoms with Crippen LogP contribution in [0.4, 0.5) is 0 Å². The number of esters is 1. The molecule has 1 rings (SSSR count). The number of hydrogen-bond donors (Lipinski definition) is 1. The van der Waals surface area contributed by atoms with Crippen LogP contribution in [0.1, 0.15) is 32.3 Å². The van der Waals surface area contributed by atoms with Gasteiger partial charge in [-0.15, -0.1) is 0 Å². The van der Waals surface area contributed by atoms with Gasteiger partial charge < -0.3 is 9.84 Å². The second-order valence-corrected chi connectivity index (χ2v) is 4.91. The smallest absolute Gasteiger partial charge is 0.305 e. The Morgan fingerprint density at radius 1 is 1.47 bits per heavy atom. The van der Waals surface area contributed by atoms with Gasteiger partial charge >= 0.3 is 5.97 Å². The Kier molecular flexibility index (Phi) is 5.15. The molecular weight excluding hydrogens is 284 g/mol. The number of rotatable bonds is 5. The molecule has 0 amide bonds. The average Bonchev–Trinajstić information content (AvgIpc) is 2.27. The first-order chi connectivity index (χ1) is 7.97. The molecule has 1 aromatic rings. The van der Waals surface area contributed by atoms with E-state index in [1.807, 2.05) is 24.3 Å². The van der Waals surface area contributed by atoms with Gasteiger partial charge in [-0.05, 0) is 31.9 Å². The zero-order chi connectivity index (χ0) is 12.9. The standard InChI is InChI=1S/C13H17BrO3/c1-3-17-12(15)8-9-13(2,16)10-6-4-5-7-11(10)14/h4-7,16H,3,8-9H2,1-2H3. The van der Waals surface area contributed by atoms with E-state index in [-0.39, 0.29) is 12.4 Å². The lowest BCUT2D eigenvalue weighted by Crippen LogP contribution is -2.23. The predicted octanol–water partition coefficient (Wildman–Crippen LogP) is 3.00. The zero-order valence-corrected chi connectivity index (χ0v) is 11.7. The fourth-order valence-electron chi connectivity index (χ4n) is 1.61. The van der Waals surface area contributed by atoms with Crippen LogP contribution in [-0.2, 0) is 15.1 Å². The Bertz CT molecular complexity index is 388. The number of carbonyl (C=O) groups is 1.